The molecule has 0 fully saturated rings. The van der Waals surface area contributed by atoms with Crippen LogP contribution in [0.25, 0.3) is 11.1 Å². The average Bonchev–Trinajstić information content (AvgIpc) is 2.44. The van der Waals surface area contributed by atoms with E-state index in [1.165, 1.54) is 24.4 Å². The van der Waals surface area contributed by atoms with Crippen molar-refractivity contribution < 1.29 is 18.3 Å². The number of pyridine rings is 1. The number of alkyl carbamates (subject to hydrolysis) is 1. The fourth-order valence-electron chi connectivity index (χ4n) is 1.93. The Bertz CT molecular complexity index is 674. The van der Waals surface area contributed by atoms with Crippen molar-refractivity contribution in [1.82, 2.24) is 10.3 Å². The number of carbonyl (C=O) groups is 1. The van der Waals surface area contributed by atoms with Crippen molar-refractivity contribution in [2.24, 2.45) is 0 Å². The first-order chi connectivity index (χ1) is 10.8. The number of amides is 1. The first-order valence-corrected chi connectivity index (χ1v) is 7.12. The molecule has 0 saturated heterocycles. The van der Waals surface area contributed by atoms with Crippen molar-refractivity contribution in [1.29, 1.82) is 0 Å². The Balaban J connectivity index is 2.04. The van der Waals surface area contributed by atoms with E-state index in [9.17, 15) is 13.6 Å². The van der Waals surface area contributed by atoms with Gasteiger partial charge in [0.25, 0.3) is 0 Å². The Morgan fingerprint density at radius 2 is 1.83 bits per heavy atom. The molecule has 6 heteroatoms. The van der Waals surface area contributed by atoms with Crippen LogP contribution < -0.4 is 5.32 Å². The molecular formula is C17H18F2N2O2. The van der Waals surface area contributed by atoms with Crippen LogP contribution in [0.4, 0.5) is 13.6 Å². The van der Waals surface area contributed by atoms with Gasteiger partial charge < -0.3 is 10.1 Å². The third-order valence-electron chi connectivity index (χ3n) is 2.89. The second-order valence-corrected chi connectivity index (χ2v) is 5.99. The molecule has 0 saturated carbocycles. The predicted molar refractivity (Wildman–Crippen MR) is 82.7 cm³/mol. The van der Waals surface area contributed by atoms with E-state index in [-0.39, 0.29) is 12.1 Å². The molecule has 0 spiro atoms. The summed E-state index contributed by atoms with van der Waals surface area (Å²) in [7, 11) is 0. The van der Waals surface area contributed by atoms with Crippen molar-refractivity contribution in [3.05, 3.63) is 53.9 Å². The molecule has 0 bridgehead atoms. The largest absolute Gasteiger partial charge is 0.444 e. The second-order valence-electron chi connectivity index (χ2n) is 5.99. The zero-order valence-corrected chi connectivity index (χ0v) is 13.2. The summed E-state index contributed by atoms with van der Waals surface area (Å²) >= 11 is 0. The number of ether oxygens (including phenoxy) is 1. The Hall–Kier alpha value is -2.50. The summed E-state index contributed by atoms with van der Waals surface area (Å²) in [5.74, 6) is -1.29. The average molecular weight is 320 g/mol. The minimum atomic E-state index is -0.647. The van der Waals surface area contributed by atoms with Gasteiger partial charge in [0, 0.05) is 11.8 Å². The molecule has 4 nitrogen and oxygen atoms in total. The molecule has 0 atom stereocenters. The van der Waals surface area contributed by atoms with E-state index in [0.717, 1.165) is 0 Å². The molecule has 1 aromatic carbocycles. The van der Waals surface area contributed by atoms with Gasteiger partial charge in [0.2, 0.25) is 0 Å². The van der Waals surface area contributed by atoms with Crippen LogP contribution in [0.2, 0.25) is 0 Å². The summed E-state index contributed by atoms with van der Waals surface area (Å²) in [4.78, 5) is 15.7. The number of nitrogens with one attached hydrogen (secondary N) is 1. The van der Waals surface area contributed by atoms with Crippen molar-refractivity contribution in [3.63, 3.8) is 0 Å². The van der Waals surface area contributed by atoms with Gasteiger partial charge >= 0.3 is 6.09 Å². The van der Waals surface area contributed by atoms with Gasteiger partial charge in [-0.3, -0.25) is 4.98 Å². The first kappa shape index (κ1) is 16.9. The van der Waals surface area contributed by atoms with E-state index in [4.69, 9.17) is 4.74 Å². The van der Waals surface area contributed by atoms with Gasteiger partial charge in [-0.2, -0.15) is 0 Å². The van der Waals surface area contributed by atoms with Gasteiger partial charge in [-0.05, 0) is 39.0 Å². The lowest BCUT2D eigenvalue weighted by atomic mass is 10.1. The molecule has 122 valence electrons. The zero-order chi connectivity index (χ0) is 17.0. The molecule has 0 aliphatic heterocycles. The van der Waals surface area contributed by atoms with Gasteiger partial charge in [-0.25, -0.2) is 13.6 Å². The minimum Gasteiger partial charge on any atom is -0.444 e. The second kappa shape index (κ2) is 6.73. The van der Waals surface area contributed by atoms with Crippen LogP contribution in [0.15, 0.2) is 36.5 Å². The summed E-state index contributed by atoms with van der Waals surface area (Å²) in [6.45, 7) is 5.46. The number of aromatic nitrogens is 1. The Morgan fingerprint density at radius 3 is 2.35 bits per heavy atom. The Morgan fingerprint density at radius 1 is 1.17 bits per heavy atom. The van der Waals surface area contributed by atoms with Gasteiger partial charge in [-0.1, -0.05) is 12.1 Å². The lowest BCUT2D eigenvalue weighted by Gasteiger charge is -2.19. The Kier molecular flexibility index (Phi) is 4.93. The highest BCUT2D eigenvalue weighted by Crippen LogP contribution is 2.25. The van der Waals surface area contributed by atoms with Crippen LogP contribution in [0.5, 0.6) is 0 Å². The first-order valence-electron chi connectivity index (χ1n) is 7.12. The fraction of sp³-hybridized carbons (Fsp3) is 0.294. The van der Waals surface area contributed by atoms with Crippen LogP contribution in [0, 0.1) is 11.6 Å². The van der Waals surface area contributed by atoms with Crippen molar-refractivity contribution in [2.45, 2.75) is 32.9 Å². The number of carbonyl (C=O) groups excluding carboxylic acids is 1. The molecule has 1 N–H and O–H groups in total. The molecule has 0 radical (unpaired) electrons. The number of nitrogens with zero attached hydrogens (tertiary/aromatic N) is 1. The zero-order valence-electron chi connectivity index (χ0n) is 13.2. The quantitative estimate of drug-likeness (QED) is 0.928. The lowest BCUT2D eigenvalue weighted by molar-refractivity contribution is 0.0523. The fourth-order valence-corrected chi connectivity index (χ4v) is 1.93. The number of halogens is 2. The van der Waals surface area contributed by atoms with Gasteiger partial charge in [0.05, 0.1) is 17.8 Å². The van der Waals surface area contributed by atoms with Crippen molar-refractivity contribution >= 4 is 6.09 Å². The standard InChI is InChI=1S/C17H18F2N2O2/c1-17(2,3)23-16(22)21-10-12-8-7-11(9-20-12)15-13(18)5-4-6-14(15)19/h4-9H,10H2,1-3H3,(H,21,22). The summed E-state index contributed by atoms with van der Waals surface area (Å²) < 4.78 is 32.5. The molecule has 2 aromatic rings. The van der Waals surface area contributed by atoms with E-state index in [0.29, 0.717) is 11.3 Å². The normalized spacial score (nSPS) is 11.2. The van der Waals surface area contributed by atoms with Crippen LogP contribution in [-0.2, 0) is 11.3 Å². The van der Waals surface area contributed by atoms with E-state index in [1.54, 1.807) is 32.9 Å². The predicted octanol–water partition coefficient (Wildman–Crippen LogP) is 4.05. The maximum atomic E-state index is 13.7. The highest BCUT2D eigenvalue weighted by Gasteiger charge is 2.16. The molecule has 0 unspecified atom stereocenters. The van der Waals surface area contributed by atoms with Gasteiger partial charge in [-0.15, -0.1) is 0 Å². The molecule has 1 amide bonds. The third kappa shape index (κ3) is 4.74. The van der Waals surface area contributed by atoms with Crippen LogP contribution >= 0.6 is 0 Å². The number of hydrogen-bond donors (Lipinski definition) is 1. The third-order valence-corrected chi connectivity index (χ3v) is 2.89. The number of hydrogen-bond acceptors (Lipinski definition) is 3. The molecule has 2 rings (SSSR count). The minimum absolute atomic E-state index is 0.119. The Labute approximate surface area is 133 Å². The molecular weight excluding hydrogens is 302 g/mol. The van der Waals surface area contributed by atoms with E-state index in [2.05, 4.69) is 10.3 Å². The van der Waals surface area contributed by atoms with E-state index in [1.807, 2.05) is 0 Å². The van der Waals surface area contributed by atoms with Crippen LogP contribution in [-0.4, -0.2) is 16.7 Å². The van der Waals surface area contributed by atoms with Crippen LogP contribution in [0.1, 0.15) is 26.5 Å². The van der Waals surface area contributed by atoms with Gasteiger partial charge in [0.15, 0.2) is 0 Å². The summed E-state index contributed by atoms with van der Waals surface area (Å²) in [6, 6.07) is 6.84. The van der Waals surface area contributed by atoms with Crippen LogP contribution in [0.3, 0.4) is 0 Å². The van der Waals surface area contributed by atoms with E-state index < -0.39 is 23.3 Å². The molecule has 23 heavy (non-hydrogen) atoms. The summed E-state index contributed by atoms with van der Waals surface area (Å²) in [6.07, 6.45) is 0.816. The monoisotopic (exact) mass is 320 g/mol. The summed E-state index contributed by atoms with van der Waals surface area (Å²) in [5, 5.41) is 2.57. The van der Waals surface area contributed by atoms with Gasteiger partial charge in [0.1, 0.15) is 17.2 Å². The maximum absolute atomic E-state index is 13.7. The number of benzene rings is 1. The highest BCUT2D eigenvalue weighted by molar-refractivity contribution is 5.67. The highest BCUT2D eigenvalue weighted by atomic mass is 19.1. The molecule has 1 aromatic heterocycles. The molecule has 0 aliphatic rings. The summed E-state index contributed by atoms with van der Waals surface area (Å²) in [5.41, 5.74) is 0.189. The topological polar surface area (TPSA) is 51.2 Å². The van der Waals surface area contributed by atoms with Crippen molar-refractivity contribution in [3.8, 4) is 11.1 Å². The smallest absolute Gasteiger partial charge is 0.407 e. The van der Waals surface area contributed by atoms with Crippen molar-refractivity contribution in [2.75, 3.05) is 0 Å². The number of rotatable bonds is 3. The lowest BCUT2D eigenvalue weighted by Crippen LogP contribution is -2.32. The SMILES string of the molecule is CC(C)(C)OC(=O)NCc1ccc(-c2c(F)cccc2F)cn1. The van der Waals surface area contributed by atoms with E-state index >= 15 is 0 Å². The molecule has 1 heterocycles. The molecule has 0 aliphatic carbocycles. The maximum Gasteiger partial charge on any atom is 0.407 e.